The SMILES string of the molecule is Cc1cc2c(cc1N1c3cc(C(C)(C)C)cc4c3B(c3c1ccc1c3sc3ccccc31)N(c1ccc3c(c1)C(C)(C)CCC3(C)C)c1cc3c(cc1-4)C(C)(C)CCC3(C)C)C(C)(C)CCC2(C)C. The Morgan fingerprint density at radius 1 is 0.464 bits per heavy atom. The molecule has 4 heteroatoms. The summed E-state index contributed by atoms with van der Waals surface area (Å²) in [6.45, 7) is 39.4. The first kappa shape index (κ1) is 45.4. The van der Waals surface area contributed by atoms with Crippen molar-refractivity contribution in [2.75, 3.05) is 9.71 Å². The molecule has 2 aliphatic heterocycles. The van der Waals surface area contributed by atoms with Crippen LogP contribution in [0, 0.1) is 6.92 Å². The molecule has 0 spiro atoms. The van der Waals surface area contributed by atoms with Crippen molar-refractivity contribution >= 4 is 77.7 Å². The van der Waals surface area contributed by atoms with E-state index >= 15 is 0 Å². The number of rotatable bonds is 2. The van der Waals surface area contributed by atoms with Crippen LogP contribution >= 0.6 is 11.3 Å². The molecule has 0 bridgehead atoms. The van der Waals surface area contributed by atoms with Crippen LogP contribution in [0.3, 0.4) is 0 Å². The second-order valence-corrected chi connectivity index (χ2v) is 28.5. The first-order valence-electron chi connectivity index (χ1n) is 26.4. The van der Waals surface area contributed by atoms with Crippen LogP contribution in [0.1, 0.15) is 187 Å². The molecule has 6 aromatic carbocycles. The molecule has 354 valence electrons. The summed E-state index contributed by atoms with van der Waals surface area (Å²) in [6.07, 6.45) is 7.14. The van der Waals surface area contributed by atoms with Crippen LogP contribution in [-0.4, -0.2) is 6.85 Å². The van der Waals surface area contributed by atoms with Gasteiger partial charge in [0.2, 0.25) is 0 Å². The number of fused-ring (bicyclic) bond motifs is 11. The van der Waals surface area contributed by atoms with Gasteiger partial charge >= 0.3 is 6.85 Å². The van der Waals surface area contributed by atoms with Crippen molar-refractivity contribution in [2.24, 2.45) is 0 Å². The van der Waals surface area contributed by atoms with Gasteiger partial charge in [-0.15, -0.1) is 11.3 Å². The first-order chi connectivity index (χ1) is 32.2. The van der Waals surface area contributed by atoms with Crippen LogP contribution in [0.4, 0.5) is 28.4 Å². The number of hydrogen-bond acceptors (Lipinski definition) is 3. The summed E-state index contributed by atoms with van der Waals surface area (Å²) in [5.74, 6) is 0. The standard InChI is InChI=1S/C65H75BN2S/c1-38-31-46-49(64(13,14)29-27-61(46,7)8)36-52(38)67-51-24-22-42-41-19-17-18-20-55(41)69-58(42)57(51)66-56-44(32-39(33-54(56)67)59(2,3)4)43-35-48-50(65(15,16)30-28-63(48,11)12)37-53(43)68(66)40-21-23-45-47(34-40)62(9,10)26-25-60(45,5)6/h17-24,31-37H,25-30H2,1-16H3. The minimum absolute atomic E-state index is 0.0540. The first-order valence-corrected chi connectivity index (χ1v) is 27.2. The maximum Gasteiger partial charge on any atom is 0.334 e. The summed E-state index contributed by atoms with van der Waals surface area (Å²) in [7, 11) is 0. The van der Waals surface area contributed by atoms with E-state index in [9.17, 15) is 0 Å². The highest BCUT2D eigenvalue weighted by Crippen LogP contribution is 2.57. The molecule has 12 rings (SSSR count). The van der Waals surface area contributed by atoms with E-state index < -0.39 is 0 Å². The largest absolute Gasteiger partial charge is 0.376 e. The number of anilines is 5. The maximum absolute atomic E-state index is 2.86. The fourth-order valence-electron chi connectivity index (χ4n) is 13.9. The van der Waals surface area contributed by atoms with Gasteiger partial charge in [0.1, 0.15) is 0 Å². The molecule has 0 amide bonds. The molecule has 0 fully saturated rings. The smallest absolute Gasteiger partial charge is 0.334 e. The number of nitrogens with zero attached hydrogens (tertiary/aromatic N) is 2. The average Bonchev–Trinajstić information content (AvgIpc) is 3.67. The van der Waals surface area contributed by atoms with Gasteiger partial charge in [-0.2, -0.15) is 0 Å². The quantitative estimate of drug-likeness (QED) is 0.159. The third kappa shape index (κ3) is 6.48. The van der Waals surface area contributed by atoms with Crippen molar-refractivity contribution in [3.05, 3.63) is 136 Å². The minimum Gasteiger partial charge on any atom is -0.376 e. The normalized spacial score (nSPS) is 20.7. The Labute approximate surface area is 419 Å². The monoisotopic (exact) mass is 927 g/mol. The Balaban J connectivity index is 1.27. The lowest BCUT2D eigenvalue weighted by Gasteiger charge is -2.49. The highest BCUT2D eigenvalue weighted by molar-refractivity contribution is 7.27. The molecule has 7 aromatic rings. The van der Waals surface area contributed by atoms with Gasteiger partial charge in [-0.05, 0) is 193 Å². The lowest BCUT2D eigenvalue weighted by atomic mass is 9.43. The molecule has 0 atom stereocenters. The van der Waals surface area contributed by atoms with Crippen LogP contribution in [0.25, 0.3) is 31.3 Å². The van der Waals surface area contributed by atoms with Crippen molar-refractivity contribution < 1.29 is 0 Å². The molecule has 3 aliphatic carbocycles. The molecule has 0 saturated heterocycles. The second-order valence-electron chi connectivity index (χ2n) is 27.4. The summed E-state index contributed by atoms with van der Waals surface area (Å²) >= 11 is 2.00. The van der Waals surface area contributed by atoms with Gasteiger partial charge in [0.05, 0.1) is 0 Å². The van der Waals surface area contributed by atoms with Gasteiger partial charge in [0, 0.05) is 54.2 Å². The fraction of sp³-hybridized carbons (Fsp3) is 0.446. The van der Waals surface area contributed by atoms with Crippen LogP contribution in [0.2, 0.25) is 0 Å². The molecule has 0 radical (unpaired) electrons. The zero-order valence-electron chi connectivity index (χ0n) is 44.8. The van der Waals surface area contributed by atoms with Gasteiger partial charge in [0.15, 0.2) is 0 Å². The molecule has 2 nitrogen and oxygen atoms in total. The van der Waals surface area contributed by atoms with E-state index in [-0.39, 0.29) is 44.8 Å². The molecular weight excluding hydrogens is 852 g/mol. The lowest BCUT2D eigenvalue weighted by Crippen LogP contribution is -2.62. The maximum atomic E-state index is 2.86. The van der Waals surface area contributed by atoms with Gasteiger partial charge < -0.3 is 9.71 Å². The number of benzene rings is 6. The molecule has 0 N–H and O–H groups in total. The van der Waals surface area contributed by atoms with Gasteiger partial charge in [-0.1, -0.05) is 146 Å². The Morgan fingerprint density at radius 2 is 1.00 bits per heavy atom. The van der Waals surface area contributed by atoms with E-state index in [4.69, 9.17) is 0 Å². The zero-order valence-corrected chi connectivity index (χ0v) is 45.6. The van der Waals surface area contributed by atoms with Crippen LogP contribution in [0.5, 0.6) is 0 Å². The fourth-order valence-corrected chi connectivity index (χ4v) is 15.2. The topological polar surface area (TPSA) is 6.48 Å². The summed E-state index contributed by atoms with van der Waals surface area (Å²) < 4.78 is 2.76. The lowest BCUT2D eigenvalue weighted by molar-refractivity contribution is 0.332. The summed E-state index contributed by atoms with van der Waals surface area (Å²) in [5.41, 5.74) is 24.5. The number of aryl methyl sites for hydroxylation is 1. The van der Waals surface area contributed by atoms with Gasteiger partial charge in [0.25, 0.3) is 0 Å². The van der Waals surface area contributed by atoms with E-state index in [0.29, 0.717) is 0 Å². The van der Waals surface area contributed by atoms with E-state index in [1.807, 2.05) is 11.3 Å². The Bertz CT molecular complexity index is 3360. The van der Waals surface area contributed by atoms with Crippen LogP contribution < -0.4 is 20.6 Å². The predicted octanol–water partition coefficient (Wildman–Crippen LogP) is 17.4. The molecule has 0 unspecified atom stereocenters. The molecule has 1 aromatic heterocycles. The van der Waals surface area contributed by atoms with Crippen molar-refractivity contribution in [3.8, 4) is 11.1 Å². The molecule has 5 aliphatic rings. The number of thiophene rings is 1. The Hall–Kier alpha value is -4.80. The molecule has 3 heterocycles. The van der Waals surface area contributed by atoms with Crippen molar-refractivity contribution in [2.45, 2.75) is 187 Å². The van der Waals surface area contributed by atoms with E-state index in [1.54, 1.807) is 0 Å². The average molecular weight is 927 g/mol. The van der Waals surface area contributed by atoms with Crippen LogP contribution in [0.15, 0.2) is 91.0 Å². The summed E-state index contributed by atoms with van der Waals surface area (Å²) in [6, 6.07) is 37.7. The molecular formula is C65H75BN2S. The van der Waals surface area contributed by atoms with Crippen LogP contribution in [-0.2, 0) is 37.9 Å². The Kier molecular flexibility index (Phi) is 9.34. The summed E-state index contributed by atoms with van der Waals surface area (Å²) in [5, 5.41) is 2.72. The van der Waals surface area contributed by atoms with E-state index in [0.717, 1.165) is 0 Å². The van der Waals surface area contributed by atoms with Gasteiger partial charge in [-0.25, -0.2) is 0 Å². The number of hydrogen-bond donors (Lipinski definition) is 0. The predicted molar refractivity (Wildman–Crippen MR) is 302 cm³/mol. The van der Waals surface area contributed by atoms with E-state index in [1.165, 1.54) is 154 Å². The van der Waals surface area contributed by atoms with E-state index in [2.05, 4.69) is 211 Å². The van der Waals surface area contributed by atoms with Crippen molar-refractivity contribution in [3.63, 3.8) is 0 Å². The molecule has 0 saturated carbocycles. The second kappa shape index (κ2) is 14.2. The Morgan fingerprint density at radius 3 is 1.61 bits per heavy atom. The van der Waals surface area contributed by atoms with Crippen molar-refractivity contribution in [1.29, 1.82) is 0 Å². The summed E-state index contributed by atoms with van der Waals surface area (Å²) in [4.78, 5) is 5.61. The molecule has 69 heavy (non-hydrogen) atoms. The third-order valence-corrected chi connectivity index (χ3v) is 20.1. The highest BCUT2D eigenvalue weighted by Gasteiger charge is 2.50. The van der Waals surface area contributed by atoms with Crippen molar-refractivity contribution in [1.82, 2.24) is 0 Å². The van der Waals surface area contributed by atoms with Gasteiger partial charge in [-0.3, -0.25) is 0 Å². The third-order valence-electron chi connectivity index (χ3n) is 18.9. The highest BCUT2D eigenvalue weighted by atomic mass is 32.1. The zero-order chi connectivity index (χ0) is 48.9. The minimum atomic E-state index is -0.0804.